The summed E-state index contributed by atoms with van der Waals surface area (Å²) >= 11 is 11.8. The molecule has 0 saturated heterocycles. The highest BCUT2D eigenvalue weighted by Crippen LogP contribution is 2.28. The highest BCUT2D eigenvalue weighted by molar-refractivity contribution is 7.89. The molecule has 24 heavy (non-hydrogen) atoms. The minimum atomic E-state index is -3.88. The Labute approximate surface area is 153 Å². The van der Waals surface area contributed by atoms with Gasteiger partial charge >= 0.3 is 0 Å². The van der Waals surface area contributed by atoms with Crippen LogP contribution in [0.25, 0.3) is 0 Å². The van der Waals surface area contributed by atoms with Crippen molar-refractivity contribution in [1.29, 1.82) is 0 Å². The zero-order valence-electron chi connectivity index (χ0n) is 13.5. The molecular formula is C15H23Cl2N3O3S. The maximum absolute atomic E-state index is 12.2. The van der Waals surface area contributed by atoms with Gasteiger partial charge in [-0.05, 0) is 18.6 Å². The van der Waals surface area contributed by atoms with Gasteiger partial charge in [-0.3, -0.25) is 4.79 Å². The third-order valence-electron chi connectivity index (χ3n) is 3.39. The first kappa shape index (κ1) is 21.2. The lowest BCUT2D eigenvalue weighted by Gasteiger charge is -2.16. The van der Waals surface area contributed by atoms with Crippen LogP contribution in [0.2, 0.25) is 10.0 Å². The molecule has 6 nitrogen and oxygen atoms in total. The van der Waals surface area contributed by atoms with E-state index in [4.69, 9.17) is 28.9 Å². The van der Waals surface area contributed by atoms with Crippen LogP contribution in [0.5, 0.6) is 0 Å². The van der Waals surface area contributed by atoms with E-state index in [2.05, 4.69) is 17.0 Å². The average Bonchev–Trinajstić information content (AvgIpc) is 2.50. The topological polar surface area (TPSA) is 101 Å². The molecule has 1 amide bonds. The van der Waals surface area contributed by atoms with Crippen LogP contribution in [-0.2, 0) is 14.8 Å². The summed E-state index contributed by atoms with van der Waals surface area (Å²) in [5, 5.41) is 2.86. The van der Waals surface area contributed by atoms with Gasteiger partial charge in [0.2, 0.25) is 15.9 Å². The van der Waals surface area contributed by atoms with Crippen molar-refractivity contribution < 1.29 is 13.2 Å². The second-order valence-electron chi connectivity index (χ2n) is 5.34. The first-order valence-electron chi connectivity index (χ1n) is 7.75. The van der Waals surface area contributed by atoms with Gasteiger partial charge in [0.25, 0.3) is 0 Å². The molecule has 0 aliphatic heterocycles. The summed E-state index contributed by atoms with van der Waals surface area (Å²) in [6.07, 6.45) is 2.80. The fourth-order valence-electron chi connectivity index (χ4n) is 2.11. The Hall–Kier alpha value is -0.860. The third-order valence-corrected chi connectivity index (χ3v) is 5.80. The van der Waals surface area contributed by atoms with E-state index < -0.39 is 10.0 Å². The number of nitrogens with two attached hydrogens (primary N) is 1. The minimum absolute atomic E-state index is 0.00390. The van der Waals surface area contributed by atoms with Gasteiger partial charge in [-0.1, -0.05) is 49.0 Å². The molecule has 1 atom stereocenters. The summed E-state index contributed by atoms with van der Waals surface area (Å²) in [7, 11) is -3.88. The van der Waals surface area contributed by atoms with E-state index in [1.165, 1.54) is 12.1 Å². The summed E-state index contributed by atoms with van der Waals surface area (Å²) in [5.74, 6) is -0.255. The number of benzene rings is 1. The maximum atomic E-state index is 12.2. The number of hydrogen-bond donors (Lipinski definition) is 3. The molecule has 0 aromatic heterocycles. The van der Waals surface area contributed by atoms with Crippen molar-refractivity contribution in [2.45, 2.75) is 43.5 Å². The van der Waals surface area contributed by atoms with E-state index in [-0.39, 0.29) is 39.9 Å². The number of carbonyl (C=O) groups excluding carboxylic acids is 1. The molecule has 0 radical (unpaired) electrons. The monoisotopic (exact) mass is 395 g/mol. The van der Waals surface area contributed by atoms with E-state index in [9.17, 15) is 13.2 Å². The van der Waals surface area contributed by atoms with E-state index in [1.807, 2.05) is 0 Å². The Morgan fingerprint density at radius 2 is 1.92 bits per heavy atom. The number of hydrogen-bond acceptors (Lipinski definition) is 4. The highest BCUT2D eigenvalue weighted by atomic mass is 35.5. The summed E-state index contributed by atoms with van der Waals surface area (Å²) in [4.78, 5) is 11.7. The van der Waals surface area contributed by atoms with Crippen LogP contribution in [0.1, 0.15) is 32.6 Å². The van der Waals surface area contributed by atoms with Gasteiger partial charge in [0.05, 0.1) is 10.0 Å². The van der Waals surface area contributed by atoms with Crippen LogP contribution in [-0.4, -0.2) is 33.5 Å². The van der Waals surface area contributed by atoms with E-state index >= 15 is 0 Å². The molecule has 4 N–H and O–H groups in total. The molecule has 0 aliphatic rings. The van der Waals surface area contributed by atoms with Gasteiger partial charge in [-0.2, -0.15) is 0 Å². The zero-order chi connectivity index (χ0) is 18.2. The Kier molecular flexibility index (Phi) is 9.01. The summed E-state index contributed by atoms with van der Waals surface area (Å²) in [6.45, 7) is 2.36. The van der Waals surface area contributed by atoms with Crippen molar-refractivity contribution in [3.63, 3.8) is 0 Å². The molecule has 136 valence electrons. The van der Waals surface area contributed by atoms with Crippen molar-refractivity contribution in [3.05, 3.63) is 28.2 Å². The van der Waals surface area contributed by atoms with Crippen LogP contribution in [0.4, 0.5) is 0 Å². The molecule has 1 rings (SSSR count). The van der Waals surface area contributed by atoms with Crippen molar-refractivity contribution in [1.82, 2.24) is 10.0 Å². The average molecular weight is 396 g/mol. The fraction of sp³-hybridized carbons (Fsp3) is 0.533. The lowest BCUT2D eigenvalue weighted by atomic mass is 10.1. The smallest absolute Gasteiger partial charge is 0.243 e. The molecule has 1 aromatic carbocycles. The van der Waals surface area contributed by atoms with Gasteiger partial charge < -0.3 is 11.1 Å². The molecule has 0 saturated carbocycles. The van der Waals surface area contributed by atoms with E-state index in [0.29, 0.717) is 6.54 Å². The summed E-state index contributed by atoms with van der Waals surface area (Å²) < 4.78 is 26.8. The predicted molar refractivity (Wildman–Crippen MR) is 96.8 cm³/mol. The van der Waals surface area contributed by atoms with Crippen LogP contribution in [0.15, 0.2) is 23.1 Å². The van der Waals surface area contributed by atoms with Crippen molar-refractivity contribution in [2.24, 2.45) is 5.73 Å². The second-order valence-corrected chi connectivity index (χ2v) is 7.86. The molecule has 0 fully saturated rings. The quantitative estimate of drug-likeness (QED) is 0.565. The molecule has 0 spiro atoms. The van der Waals surface area contributed by atoms with E-state index in [1.54, 1.807) is 6.07 Å². The Morgan fingerprint density at radius 1 is 1.29 bits per heavy atom. The molecule has 9 heteroatoms. The number of nitrogens with one attached hydrogen (secondary N) is 2. The van der Waals surface area contributed by atoms with Crippen molar-refractivity contribution in [2.75, 3.05) is 13.1 Å². The number of halogens is 2. The standard InChI is InChI=1S/C15H23Cl2N3O3S/c1-2-3-5-11(10-18)20-14(21)8-9-19-24(22,23)15-12(16)6-4-7-13(15)17/h4,6-7,11,19H,2-3,5,8-10,18H2,1H3,(H,20,21). The zero-order valence-corrected chi connectivity index (χ0v) is 15.8. The molecule has 0 bridgehead atoms. The van der Waals surface area contributed by atoms with Gasteiger partial charge in [-0.15, -0.1) is 0 Å². The number of amides is 1. The van der Waals surface area contributed by atoms with E-state index in [0.717, 1.165) is 19.3 Å². The minimum Gasteiger partial charge on any atom is -0.352 e. The van der Waals surface area contributed by atoms with Crippen LogP contribution < -0.4 is 15.8 Å². The fourth-order valence-corrected chi connectivity index (χ4v) is 4.28. The Morgan fingerprint density at radius 3 is 2.46 bits per heavy atom. The van der Waals surface area contributed by atoms with Crippen molar-refractivity contribution in [3.8, 4) is 0 Å². The van der Waals surface area contributed by atoms with Crippen molar-refractivity contribution >= 4 is 39.1 Å². The largest absolute Gasteiger partial charge is 0.352 e. The van der Waals surface area contributed by atoms with Gasteiger partial charge in [0, 0.05) is 25.6 Å². The number of carbonyl (C=O) groups is 1. The second kappa shape index (κ2) is 10.2. The van der Waals surface area contributed by atoms with Crippen LogP contribution in [0.3, 0.4) is 0 Å². The lowest BCUT2D eigenvalue weighted by molar-refractivity contribution is -0.121. The summed E-state index contributed by atoms with van der Waals surface area (Å²) in [6, 6.07) is 4.34. The molecule has 1 aromatic rings. The van der Waals surface area contributed by atoms with Crippen LogP contribution in [0, 0.1) is 0 Å². The first-order chi connectivity index (χ1) is 11.3. The van der Waals surface area contributed by atoms with Gasteiger partial charge in [0.15, 0.2) is 0 Å². The first-order valence-corrected chi connectivity index (χ1v) is 9.98. The lowest BCUT2D eigenvalue weighted by Crippen LogP contribution is -2.41. The highest BCUT2D eigenvalue weighted by Gasteiger charge is 2.21. The normalized spacial score (nSPS) is 12.8. The predicted octanol–water partition coefficient (Wildman–Crippen LogP) is 2.30. The van der Waals surface area contributed by atoms with Crippen LogP contribution >= 0.6 is 23.2 Å². The molecule has 0 heterocycles. The summed E-state index contributed by atoms with van der Waals surface area (Å²) in [5.41, 5.74) is 5.61. The number of sulfonamides is 1. The van der Waals surface area contributed by atoms with Gasteiger partial charge in [0.1, 0.15) is 4.90 Å². The third kappa shape index (κ3) is 6.57. The SMILES string of the molecule is CCCCC(CN)NC(=O)CCNS(=O)(=O)c1c(Cl)cccc1Cl. The Bertz CT molecular complexity index is 633. The van der Waals surface area contributed by atoms with Gasteiger partial charge in [-0.25, -0.2) is 13.1 Å². The molecular weight excluding hydrogens is 373 g/mol. The Balaban J connectivity index is 2.55. The molecule has 0 aliphatic carbocycles. The number of rotatable bonds is 10. The number of unbranched alkanes of at least 4 members (excludes halogenated alkanes) is 1. The maximum Gasteiger partial charge on any atom is 0.243 e. The molecule has 1 unspecified atom stereocenters.